The third-order valence-corrected chi connectivity index (χ3v) is 1.25. The highest BCUT2D eigenvalue weighted by Crippen LogP contribution is 2.01. The average molecular weight is 144 g/mol. The van der Waals surface area contributed by atoms with Crippen LogP contribution in [-0.2, 0) is 13.4 Å². The van der Waals surface area contributed by atoms with Gasteiger partial charge in [-0.15, -0.1) is 0 Å². The van der Waals surface area contributed by atoms with Gasteiger partial charge in [0.1, 0.15) is 12.4 Å². The van der Waals surface area contributed by atoms with Crippen molar-refractivity contribution in [3.63, 3.8) is 0 Å². The van der Waals surface area contributed by atoms with E-state index in [1.54, 1.807) is 13.1 Å². The Morgan fingerprint density at radius 2 is 2.50 bits per heavy atom. The smallest absolute Gasteiger partial charge is 0.166 e. The second-order valence-electron chi connectivity index (χ2n) is 2.05. The van der Waals surface area contributed by atoms with Gasteiger partial charge in [0.2, 0.25) is 0 Å². The Morgan fingerprint density at radius 3 is 2.90 bits per heavy atom. The third-order valence-electron chi connectivity index (χ3n) is 1.25. The highest BCUT2D eigenvalue weighted by atomic mass is 19.1. The Hall–Kier alpha value is -0.900. The lowest BCUT2D eigenvalue weighted by atomic mass is 10.6. The summed E-state index contributed by atoms with van der Waals surface area (Å²) in [5, 5.41) is 8.61. The molecule has 0 fully saturated rings. The van der Waals surface area contributed by atoms with E-state index < -0.39 is 6.80 Å². The topological polar surface area (TPSA) is 38.0 Å². The van der Waals surface area contributed by atoms with E-state index in [1.807, 2.05) is 0 Å². The van der Waals surface area contributed by atoms with Gasteiger partial charge in [0.25, 0.3) is 0 Å². The number of aliphatic hydroxyl groups excluding tert-OH is 1. The molecule has 0 spiro atoms. The predicted octanol–water partition coefficient (Wildman–Crippen LogP) is 0.611. The highest BCUT2D eigenvalue weighted by molar-refractivity contribution is 5.00. The van der Waals surface area contributed by atoms with Crippen molar-refractivity contribution < 1.29 is 9.50 Å². The van der Waals surface area contributed by atoms with Gasteiger partial charge in [-0.2, -0.15) is 0 Å². The molecule has 0 saturated heterocycles. The van der Waals surface area contributed by atoms with E-state index in [-0.39, 0.29) is 6.61 Å². The molecule has 10 heavy (non-hydrogen) atoms. The zero-order valence-corrected chi connectivity index (χ0v) is 5.71. The number of alkyl halides is 1. The standard InChI is InChI=1S/C6H9FN2O/c1-5-2-9(4-7)6(3-10)8-5/h2,10H,3-4H2,1H3. The molecule has 0 aliphatic heterocycles. The average Bonchev–Trinajstić information content (AvgIpc) is 2.30. The zero-order chi connectivity index (χ0) is 7.56. The minimum atomic E-state index is -0.628. The first-order valence-electron chi connectivity index (χ1n) is 2.97. The van der Waals surface area contributed by atoms with Gasteiger partial charge in [0.15, 0.2) is 6.80 Å². The molecule has 0 unspecified atom stereocenters. The number of aliphatic hydroxyl groups is 1. The Morgan fingerprint density at radius 1 is 1.80 bits per heavy atom. The maximum Gasteiger partial charge on any atom is 0.166 e. The summed E-state index contributed by atoms with van der Waals surface area (Å²) in [5.74, 6) is 0.375. The molecule has 1 heterocycles. The Balaban J connectivity index is 2.96. The van der Waals surface area contributed by atoms with Crippen LogP contribution in [0.1, 0.15) is 11.5 Å². The monoisotopic (exact) mass is 144 g/mol. The van der Waals surface area contributed by atoms with Crippen LogP contribution in [0.3, 0.4) is 0 Å². The van der Waals surface area contributed by atoms with Crippen LogP contribution in [0.2, 0.25) is 0 Å². The van der Waals surface area contributed by atoms with E-state index in [9.17, 15) is 4.39 Å². The summed E-state index contributed by atoms with van der Waals surface area (Å²) in [6, 6.07) is 0. The van der Waals surface area contributed by atoms with Crippen LogP contribution in [0, 0.1) is 6.92 Å². The van der Waals surface area contributed by atoms with Crippen molar-refractivity contribution in [2.24, 2.45) is 0 Å². The fourth-order valence-corrected chi connectivity index (χ4v) is 0.826. The summed E-state index contributed by atoms with van der Waals surface area (Å²) in [4.78, 5) is 3.87. The predicted molar refractivity (Wildman–Crippen MR) is 34.0 cm³/mol. The van der Waals surface area contributed by atoms with Gasteiger partial charge in [-0.25, -0.2) is 9.37 Å². The quantitative estimate of drug-likeness (QED) is 0.660. The second-order valence-corrected chi connectivity index (χ2v) is 2.05. The van der Waals surface area contributed by atoms with E-state index in [4.69, 9.17) is 5.11 Å². The fraction of sp³-hybridized carbons (Fsp3) is 0.500. The van der Waals surface area contributed by atoms with E-state index >= 15 is 0 Å². The molecule has 1 aromatic rings. The largest absolute Gasteiger partial charge is 0.388 e. The lowest BCUT2D eigenvalue weighted by molar-refractivity contribution is 0.253. The summed E-state index contributed by atoms with van der Waals surface area (Å²) < 4.78 is 13.3. The molecule has 0 aromatic carbocycles. The summed E-state index contributed by atoms with van der Waals surface area (Å²) in [5.41, 5.74) is 0.724. The molecule has 0 atom stereocenters. The van der Waals surface area contributed by atoms with E-state index in [0.717, 1.165) is 5.69 Å². The van der Waals surface area contributed by atoms with Crippen LogP contribution in [0.15, 0.2) is 6.20 Å². The molecule has 0 aliphatic carbocycles. The first-order chi connectivity index (χ1) is 4.77. The number of imidazole rings is 1. The molecule has 56 valence electrons. The summed E-state index contributed by atoms with van der Waals surface area (Å²) in [6.45, 7) is 0.916. The van der Waals surface area contributed by atoms with Crippen LogP contribution >= 0.6 is 0 Å². The number of aryl methyl sites for hydroxylation is 1. The minimum absolute atomic E-state index is 0.211. The van der Waals surface area contributed by atoms with Gasteiger partial charge >= 0.3 is 0 Å². The number of aromatic nitrogens is 2. The Labute approximate surface area is 58.1 Å². The maximum absolute atomic E-state index is 12.0. The van der Waals surface area contributed by atoms with Crippen molar-refractivity contribution in [2.45, 2.75) is 20.3 Å². The highest BCUT2D eigenvalue weighted by Gasteiger charge is 2.01. The van der Waals surface area contributed by atoms with Crippen LogP contribution < -0.4 is 0 Å². The molecule has 0 radical (unpaired) electrons. The molecule has 0 aliphatic rings. The van der Waals surface area contributed by atoms with Crippen LogP contribution in [-0.4, -0.2) is 14.7 Å². The summed E-state index contributed by atoms with van der Waals surface area (Å²) in [6.07, 6.45) is 1.56. The van der Waals surface area contributed by atoms with Crippen molar-refractivity contribution in [1.82, 2.24) is 9.55 Å². The molecule has 3 nitrogen and oxygen atoms in total. The van der Waals surface area contributed by atoms with Crippen molar-refractivity contribution in [2.75, 3.05) is 0 Å². The Kier molecular flexibility index (Phi) is 2.01. The lowest BCUT2D eigenvalue weighted by Crippen LogP contribution is -1.98. The number of rotatable bonds is 2. The normalized spacial score (nSPS) is 10.3. The van der Waals surface area contributed by atoms with Crippen molar-refractivity contribution >= 4 is 0 Å². The van der Waals surface area contributed by atoms with Crippen LogP contribution in [0.4, 0.5) is 4.39 Å². The second kappa shape index (κ2) is 2.79. The summed E-state index contributed by atoms with van der Waals surface area (Å²) >= 11 is 0. The minimum Gasteiger partial charge on any atom is -0.388 e. The number of hydrogen-bond donors (Lipinski definition) is 1. The molecule has 1 aromatic heterocycles. The van der Waals surface area contributed by atoms with E-state index in [1.165, 1.54) is 4.57 Å². The molecular weight excluding hydrogens is 135 g/mol. The van der Waals surface area contributed by atoms with Crippen LogP contribution in [0.25, 0.3) is 0 Å². The first kappa shape index (κ1) is 7.21. The first-order valence-corrected chi connectivity index (χ1v) is 2.97. The van der Waals surface area contributed by atoms with Crippen molar-refractivity contribution in [3.8, 4) is 0 Å². The lowest BCUT2D eigenvalue weighted by Gasteiger charge is -1.95. The van der Waals surface area contributed by atoms with Gasteiger partial charge in [0.05, 0.1) is 5.69 Å². The van der Waals surface area contributed by atoms with Gasteiger partial charge in [-0.3, -0.25) is 0 Å². The van der Waals surface area contributed by atoms with Gasteiger partial charge in [0, 0.05) is 6.20 Å². The molecule has 0 saturated carbocycles. The molecule has 1 rings (SSSR count). The fourth-order valence-electron chi connectivity index (χ4n) is 0.826. The molecule has 1 N–H and O–H groups in total. The molecule has 4 heteroatoms. The van der Waals surface area contributed by atoms with Crippen molar-refractivity contribution in [1.29, 1.82) is 0 Å². The Bertz CT molecular complexity index is 200. The third kappa shape index (κ3) is 1.16. The zero-order valence-electron chi connectivity index (χ0n) is 5.71. The SMILES string of the molecule is Cc1cn(CF)c(CO)n1. The van der Waals surface area contributed by atoms with Crippen molar-refractivity contribution in [3.05, 3.63) is 17.7 Å². The number of nitrogens with zero attached hydrogens (tertiary/aromatic N) is 2. The molecular formula is C6H9FN2O. The van der Waals surface area contributed by atoms with E-state index in [0.29, 0.717) is 5.82 Å². The van der Waals surface area contributed by atoms with Crippen LogP contribution in [0.5, 0.6) is 0 Å². The maximum atomic E-state index is 12.0. The number of halogens is 1. The van der Waals surface area contributed by atoms with Gasteiger partial charge in [-0.05, 0) is 6.92 Å². The van der Waals surface area contributed by atoms with Gasteiger partial charge < -0.3 is 9.67 Å². The molecule has 0 bridgehead atoms. The van der Waals surface area contributed by atoms with E-state index in [2.05, 4.69) is 4.98 Å². The summed E-state index contributed by atoms with van der Waals surface area (Å²) in [7, 11) is 0. The van der Waals surface area contributed by atoms with Gasteiger partial charge in [-0.1, -0.05) is 0 Å². The number of hydrogen-bond acceptors (Lipinski definition) is 2. The molecule has 0 amide bonds.